The molecule has 0 aliphatic carbocycles. The van der Waals surface area contributed by atoms with Crippen LogP contribution in [-0.4, -0.2) is 17.7 Å². The van der Waals surface area contributed by atoms with Crippen LogP contribution < -0.4 is 5.32 Å². The van der Waals surface area contributed by atoms with Crippen molar-refractivity contribution in [1.29, 1.82) is 0 Å². The zero-order chi connectivity index (χ0) is 13.3. The van der Waals surface area contributed by atoms with Gasteiger partial charge in [-0.3, -0.25) is 9.59 Å². The molecule has 0 bridgehead atoms. The highest BCUT2D eigenvalue weighted by atomic mass is 16.2. The Labute approximate surface area is 108 Å². The first-order valence-electron chi connectivity index (χ1n) is 6.46. The van der Waals surface area contributed by atoms with E-state index in [9.17, 15) is 9.59 Å². The van der Waals surface area contributed by atoms with Crippen LogP contribution in [0.4, 0.5) is 0 Å². The fourth-order valence-corrected chi connectivity index (χ4v) is 2.53. The number of hydrogen-bond acceptors (Lipinski definition) is 2. The molecule has 3 heteroatoms. The van der Waals surface area contributed by atoms with Crippen LogP contribution in [0.5, 0.6) is 0 Å². The highest BCUT2D eigenvalue weighted by Gasteiger charge is 2.41. The van der Waals surface area contributed by atoms with Gasteiger partial charge in [0, 0.05) is 0 Å². The molecule has 0 radical (unpaired) electrons. The van der Waals surface area contributed by atoms with Crippen LogP contribution in [0.1, 0.15) is 42.4 Å². The van der Waals surface area contributed by atoms with Crippen LogP contribution in [0, 0.1) is 13.8 Å². The van der Waals surface area contributed by atoms with Crippen LogP contribution in [0.15, 0.2) is 18.2 Å². The van der Waals surface area contributed by atoms with Gasteiger partial charge in [-0.2, -0.15) is 0 Å². The molecular weight excluding hydrogens is 226 g/mol. The van der Waals surface area contributed by atoms with Gasteiger partial charge in [-0.1, -0.05) is 37.1 Å². The summed E-state index contributed by atoms with van der Waals surface area (Å²) in [7, 11) is 0. The molecule has 0 saturated carbocycles. The van der Waals surface area contributed by atoms with Crippen molar-refractivity contribution in [3.05, 3.63) is 34.9 Å². The molecule has 2 unspecified atom stereocenters. The molecule has 1 N–H and O–H groups in total. The molecule has 1 aliphatic rings. The molecule has 0 aromatic heterocycles. The summed E-state index contributed by atoms with van der Waals surface area (Å²) in [5.74, 6) is -0.732. The Kier molecular flexibility index (Phi) is 3.50. The van der Waals surface area contributed by atoms with Crippen LogP contribution >= 0.6 is 0 Å². The van der Waals surface area contributed by atoms with E-state index in [-0.39, 0.29) is 17.7 Å². The van der Waals surface area contributed by atoms with Crippen LogP contribution in [0.25, 0.3) is 0 Å². The van der Waals surface area contributed by atoms with E-state index in [4.69, 9.17) is 0 Å². The number of carbonyl (C=O) groups excluding carboxylic acids is 2. The Bertz CT molecular complexity index is 493. The molecule has 0 spiro atoms. The second kappa shape index (κ2) is 4.92. The number of amides is 1. The maximum atomic E-state index is 12.3. The summed E-state index contributed by atoms with van der Waals surface area (Å²) in [6.07, 6.45) is 1.63. The third kappa shape index (κ3) is 2.17. The smallest absolute Gasteiger partial charge is 0.235 e. The molecule has 1 saturated heterocycles. The van der Waals surface area contributed by atoms with Gasteiger partial charge in [0.2, 0.25) is 5.91 Å². The Balaban J connectivity index is 2.36. The van der Waals surface area contributed by atoms with E-state index in [1.807, 2.05) is 39.0 Å². The summed E-state index contributed by atoms with van der Waals surface area (Å²) in [5.41, 5.74) is 2.94. The van der Waals surface area contributed by atoms with E-state index in [1.165, 1.54) is 0 Å². The standard InChI is InChI=1S/C15H19NO2/c1-4-5-12-14(17)13(15(18)16-12)11-8-9(2)6-7-10(11)3/h6-8,12-13H,4-5H2,1-3H3,(H,16,18). The van der Waals surface area contributed by atoms with E-state index in [2.05, 4.69) is 5.32 Å². The van der Waals surface area contributed by atoms with Crippen molar-refractivity contribution >= 4 is 11.7 Å². The van der Waals surface area contributed by atoms with Gasteiger partial charge in [-0.25, -0.2) is 0 Å². The lowest BCUT2D eigenvalue weighted by Crippen LogP contribution is -2.28. The van der Waals surface area contributed by atoms with Crippen molar-refractivity contribution < 1.29 is 9.59 Å². The molecule has 3 nitrogen and oxygen atoms in total. The number of Topliss-reactive ketones (excluding diaryl/α,β-unsaturated/α-hetero) is 1. The summed E-state index contributed by atoms with van der Waals surface area (Å²) >= 11 is 0. The van der Waals surface area contributed by atoms with Gasteiger partial charge in [-0.15, -0.1) is 0 Å². The zero-order valence-corrected chi connectivity index (χ0v) is 11.1. The summed E-state index contributed by atoms with van der Waals surface area (Å²) in [6.45, 7) is 5.94. The molecule has 2 rings (SSSR count). The number of ketones is 1. The normalized spacial score (nSPS) is 23.3. The molecule has 2 atom stereocenters. The molecule has 1 heterocycles. The summed E-state index contributed by atoms with van der Waals surface area (Å²) < 4.78 is 0. The highest BCUT2D eigenvalue weighted by molar-refractivity contribution is 6.15. The average Bonchev–Trinajstić information content (AvgIpc) is 2.59. The van der Waals surface area contributed by atoms with Crippen LogP contribution in [-0.2, 0) is 9.59 Å². The number of benzene rings is 1. The lowest BCUT2D eigenvalue weighted by atomic mass is 9.89. The molecule has 1 amide bonds. The highest BCUT2D eigenvalue weighted by Crippen LogP contribution is 2.28. The minimum Gasteiger partial charge on any atom is -0.345 e. The maximum Gasteiger partial charge on any atom is 0.235 e. The monoisotopic (exact) mass is 245 g/mol. The third-order valence-corrected chi connectivity index (χ3v) is 3.53. The zero-order valence-electron chi connectivity index (χ0n) is 11.1. The molecule has 1 aliphatic heterocycles. The Morgan fingerprint density at radius 3 is 2.61 bits per heavy atom. The van der Waals surface area contributed by atoms with Crippen molar-refractivity contribution in [2.75, 3.05) is 0 Å². The largest absolute Gasteiger partial charge is 0.345 e. The van der Waals surface area contributed by atoms with Gasteiger partial charge in [-0.05, 0) is 31.4 Å². The second-order valence-electron chi connectivity index (χ2n) is 5.05. The van der Waals surface area contributed by atoms with Gasteiger partial charge in [0.15, 0.2) is 5.78 Å². The van der Waals surface area contributed by atoms with Gasteiger partial charge in [0.25, 0.3) is 0 Å². The molecule has 1 aromatic rings. The average molecular weight is 245 g/mol. The number of hydrogen-bond donors (Lipinski definition) is 1. The predicted octanol–water partition coefficient (Wildman–Crippen LogP) is 2.25. The first kappa shape index (κ1) is 12.8. The molecule has 96 valence electrons. The minimum absolute atomic E-state index is 0.0237. The lowest BCUT2D eigenvalue weighted by molar-refractivity contribution is -0.124. The quantitative estimate of drug-likeness (QED) is 0.830. The van der Waals surface area contributed by atoms with Crippen molar-refractivity contribution in [3.8, 4) is 0 Å². The van der Waals surface area contributed by atoms with Crippen molar-refractivity contribution in [3.63, 3.8) is 0 Å². The molecule has 1 aromatic carbocycles. The Hall–Kier alpha value is -1.64. The summed E-state index contributed by atoms with van der Waals surface area (Å²) in [6, 6.07) is 5.62. The number of nitrogens with one attached hydrogen (secondary N) is 1. The van der Waals surface area contributed by atoms with Gasteiger partial charge in [0.1, 0.15) is 5.92 Å². The van der Waals surface area contributed by atoms with Gasteiger partial charge >= 0.3 is 0 Å². The van der Waals surface area contributed by atoms with E-state index in [1.54, 1.807) is 0 Å². The Morgan fingerprint density at radius 2 is 1.94 bits per heavy atom. The van der Waals surface area contributed by atoms with Crippen molar-refractivity contribution in [1.82, 2.24) is 5.32 Å². The van der Waals surface area contributed by atoms with Crippen molar-refractivity contribution in [2.24, 2.45) is 0 Å². The van der Waals surface area contributed by atoms with Crippen LogP contribution in [0.3, 0.4) is 0 Å². The topological polar surface area (TPSA) is 46.2 Å². The number of aryl methyl sites for hydroxylation is 2. The van der Waals surface area contributed by atoms with Gasteiger partial charge in [0.05, 0.1) is 6.04 Å². The van der Waals surface area contributed by atoms with Crippen molar-refractivity contribution in [2.45, 2.75) is 45.6 Å². The lowest BCUT2D eigenvalue weighted by Gasteiger charge is -2.11. The summed E-state index contributed by atoms with van der Waals surface area (Å²) in [5, 5.41) is 2.81. The van der Waals surface area contributed by atoms with E-state index in [0.29, 0.717) is 0 Å². The predicted molar refractivity (Wildman–Crippen MR) is 70.5 cm³/mol. The molecular formula is C15H19NO2. The van der Waals surface area contributed by atoms with Crippen LogP contribution in [0.2, 0.25) is 0 Å². The molecule has 18 heavy (non-hydrogen) atoms. The third-order valence-electron chi connectivity index (χ3n) is 3.53. The van der Waals surface area contributed by atoms with E-state index >= 15 is 0 Å². The van der Waals surface area contributed by atoms with E-state index < -0.39 is 5.92 Å². The SMILES string of the molecule is CCCC1NC(=O)C(c2cc(C)ccc2C)C1=O. The van der Waals surface area contributed by atoms with E-state index in [0.717, 1.165) is 29.5 Å². The maximum absolute atomic E-state index is 12.3. The first-order valence-corrected chi connectivity index (χ1v) is 6.46. The summed E-state index contributed by atoms with van der Waals surface area (Å²) in [4.78, 5) is 24.3. The fraction of sp³-hybridized carbons (Fsp3) is 0.467. The minimum atomic E-state index is -0.610. The molecule has 1 fully saturated rings. The second-order valence-corrected chi connectivity index (χ2v) is 5.05. The van der Waals surface area contributed by atoms with Gasteiger partial charge < -0.3 is 5.32 Å². The number of rotatable bonds is 3. The Morgan fingerprint density at radius 1 is 1.22 bits per heavy atom. The fourth-order valence-electron chi connectivity index (χ4n) is 2.53. The number of carbonyl (C=O) groups is 2. The first-order chi connectivity index (χ1) is 8.54.